The number of unbranched alkanes of at least 4 members (excludes halogenated alkanes) is 1. The maximum atomic E-state index is 13.5. The predicted octanol–water partition coefficient (Wildman–Crippen LogP) is 4.86. The van der Waals surface area contributed by atoms with Crippen LogP contribution in [-0.2, 0) is 4.79 Å². The average molecular weight is 450 g/mol. The minimum Gasteiger partial charge on any atom is -0.497 e. The average Bonchev–Trinajstić information content (AvgIpc) is 2.69. The molecule has 1 aromatic rings. The number of nitrogens with one attached hydrogen (secondary N) is 1. The van der Waals surface area contributed by atoms with Crippen LogP contribution in [0.2, 0.25) is 0 Å². The maximum absolute atomic E-state index is 13.5. The summed E-state index contributed by atoms with van der Waals surface area (Å²) in [6.45, 7) is 2.38. The van der Waals surface area contributed by atoms with Crippen LogP contribution in [0.4, 0.5) is 18.9 Å². The highest BCUT2D eigenvalue weighted by atomic mass is 33.1. The molecule has 0 radical (unpaired) electrons. The van der Waals surface area contributed by atoms with Crippen LogP contribution < -0.4 is 15.8 Å². The molecule has 0 atom stereocenters. The summed E-state index contributed by atoms with van der Waals surface area (Å²) in [4.78, 5) is 15.9. The van der Waals surface area contributed by atoms with Crippen LogP contribution in [0.5, 0.6) is 5.75 Å². The van der Waals surface area contributed by atoms with Crippen molar-refractivity contribution in [2.24, 2.45) is 10.7 Å². The molecule has 162 valence electrons. The number of alkyl halides is 3. The van der Waals surface area contributed by atoms with Gasteiger partial charge in [-0.25, -0.2) is 4.99 Å². The topological polar surface area (TPSA) is 76.7 Å². The third kappa shape index (κ3) is 9.49. The second kappa shape index (κ2) is 13.4. The highest BCUT2D eigenvalue weighted by Crippen LogP contribution is 2.27. The number of aliphatic imine (C=N–C) groups is 1. The molecule has 0 saturated carbocycles. The summed E-state index contributed by atoms with van der Waals surface area (Å²) in [6.07, 6.45) is -1.56. The quantitative estimate of drug-likeness (QED) is 0.206. The van der Waals surface area contributed by atoms with Gasteiger partial charge in [-0.15, -0.1) is 0 Å². The van der Waals surface area contributed by atoms with Gasteiger partial charge in [0.15, 0.2) is 5.71 Å². The van der Waals surface area contributed by atoms with E-state index in [2.05, 4.69) is 17.2 Å². The van der Waals surface area contributed by atoms with Gasteiger partial charge in [0.25, 0.3) is 5.91 Å². The third-order valence-corrected chi connectivity index (χ3v) is 6.26. The number of benzene rings is 1. The molecule has 0 bridgehead atoms. The van der Waals surface area contributed by atoms with E-state index in [0.717, 1.165) is 24.3 Å². The van der Waals surface area contributed by atoms with E-state index >= 15 is 0 Å². The lowest BCUT2D eigenvalue weighted by molar-refractivity contribution is -0.117. The molecule has 1 amide bonds. The summed E-state index contributed by atoms with van der Waals surface area (Å²) in [5, 5.41) is 2.49. The monoisotopic (exact) mass is 449 g/mol. The van der Waals surface area contributed by atoms with E-state index < -0.39 is 23.4 Å². The van der Waals surface area contributed by atoms with Crippen LogP contribution in [0.1, 0.15) is 26.2 Å². The summed E-state index contributed by atoms with van der Waals surface area (Å²) in [6, 6.07) is 5.70. The molecule has 10 heteroatoms. The molecule has 0 aliphatic carbocycles. The Bertz CT molecular complexity index is 693. The Kier molecular flexibility index (Phi) is 11.7. The number of ether oxygens (including phenoxy) is 1. The number of halogens is 3. The van der Waals surface area contributed by atoms with Crippen molar-refractivity contribution in [2.45, 2.75) is 32.4 Å². The van der Waals surface area contributed by atoms with Gasteiger partial charge in [-0.1, -0.05) is 28.5 Å². The van der Waals surface area contributed by atoms with Gasteiger partial charge >= 0.3 is 6.18 Å². The summed E-state index contributed by atoms with van der Waals surface area (Å²) in [7, 11) is 4.99. The SMILES string of the molecule is CCCSSCCCCNC(=O)C(=CN)C(=Nc1ccc(OC)cc1)C(F)(F)F. The van der Waals surface area contributed by atoms with E-state index in [0.29, 0.717) is 18.4 Å². The summed E-state index contributed by atoms with van der Waals surface area (Å²) < 4.78 is 45.5. The van der Waals surface area contributed by atoms with E-state index in [9.17, 15) is 18.0 Å². The summed E-state index contributed by atoms with van der Waals surface area (Å²) >= 11 is 0. The molecule has 1 rings (SSSR count). The molecule has 3 N–H and O–H groups in total. The molecule has 1 aromatic carbocycles. The molecular weight excluding hydrogens is 423 g/mol. The minimum absolute atomic E-state index is 0.0341. The van der Waals surface area contributed by atoms with Gasteiger partial charge in [0.2, 0.25) is 0 Å². The van der Waals surface area contributed by atoms with Crippen LogP contribution in [0.15, 0.2) is 41.0 Å². The Morgan fingerprint density at radius 2 is 1.86 bits per heavy atom. The van der Waals surface area contributed by atoms with Gasteiger partial charge in [0, 0.05) is 24.3 Å². The summed E-state index contributed by atoms with van der Waals surface area (Å²) in [5.41, 5.74) is 3.33. The van der Waals surface area contributed by atoms with Crippen molar-refractivity contribution in [3.05, 3.63) is 36.0 Å². The number of rotatable bonds is 12. The molecule has 29 heavy (non-hydrogen) atoms. The van der Waals surface area contributed by atoms with Crippen LogP contribution in [0.3, 0.4) is 0 Å². The number of carbonyl (C=O) groups is 1. The van der Waals surface area contributed by atoms with E-state index in [4.69, 9.17) is 10.5 Å². The zero-order valence-corrected chi connectivity index (χ0v) is 18.1. The third-order valence-electron chi connectivity index (χ3n) is 3.56. The Morgan fingerprint density at radius 1 is 1.21 bits per heavy atom. The normalized spacial score (nSPS) is 12.7. The smallest absolute Gasteiger partial charge is 0.434 e. The number of amides is 1. The van der Waals surface area contributed by atoms with Crippen molar-refractivity contribution in [2.75, 3.05) is 25.2 Å². The molecule has 0 heterocycles. The van der Waals surface area contributed by atoms with Crippen LogP contribution in [0, 0.1) is 0 Å². The molecule has 0 spiro atoms. The van der Waals surface area contributed by atoms with Crippen molar-refractivity contribution in [3.63, 3.8) is 0 Å². The largest absolute Gasteiger partial charge is 0.497 e. The first kappa shape index (κ1) is 25.2. The van der Waals surface area contributed by atoms with Crippen LogP contribution >= 0.6 is 21.6 Å². The van der Waals surface area contributed by atoms with Crippen LogP contribution in [-0.4, -0.2) is 43.0 Å². The first-order valence-electron chi connectivity index (χ1n) is 9.08. The van der Waals surface area contributed by atoms with Crippen LogP contribution in [0.25, 0.3) is 0 Å². The van der Waals surface area contributed by atoms with Gasteiger partial charge < -0.3 is 15.8 Å². The molecule has 0 saturated heterocycles. The van der Waals surface area contributed by atoms with Gasteiger partial charge in [0.05, 0.1) is 18.4 Å². The fourth-order valence-electron chi connectivity index (χ4n) is 2.11. The Labute approximate surface area is 177 Å². The zero-order valence-electron chi connectivity index (χ0n) is 16.4. The number of hydrogen-bond donors (Lipinski definition) is 2. The van der Waals surface area contributed by atoms with Crippen molar-refractivity contribution in [3.8, 4) is 5.75 Å². The fraction of sp³-hybridized carbons (Fsp3) is 0.474. The van der Waals surface area contributed by atoms with Gasteiger partial charge in [-0.2, -0.15) is 13.2 Å². The first-order chi connectivity index (χ1) is 13.8. The number of nitrogens with zero attached hydrogens (tertiary/aromatic N) is 1. The van der Waals surface area contributed by atoms with Crippen molar-refractivity contribution >= 4 is 38.9 Å². The maximum Gasteiger partial charge on any atom is 0.434 e. The zero-order chi connectivity index (χ0) is 21.7. The molecule has 0 aromatic heterocycles. The molecular formula is C19H26F3N3O2S2. The molecule has 0 fully saturated rings. The molecule has 5 nitrogen and oxygen atoms in total. The molecule has 0 unspecified atom stereocenters. The van der Waals surface area contributed by atoms with Crippen molar-refractivity contribution in [1.82, 2.24) is 5.32 Å². The second-order valence-electron chi connectivity index (χ2n) is 5.84. The number of hydrogen-bond acceptors (Lipinski definition) is 6. The molecule has 0 aliphatic rings. The lowest BCUT2D eigenvalue weighted by Gasteiger charge is -2.14. The minimum atomic E-state index is -4.84. The number of nitrogens with two attached hydrogens (primary N) is 1. The lowest BCUT2D eigenvalue weighted by atomic mass is 10.1. The second-order valence-corrected chi connectivity index (χ2v) is 8.55. The number of carbonyl (C=O) groups excluding carboxylic acids is 1. The Balaban J connectivity index is 2.73. The Morgan fingerprint density at radius 3 is 2.41 bits per heavy atom. The van der Waals surface area contributed by atoms with E-state index in [1.165, 1.54) is 31.4 Å². The Hall–Kier alpha value is -1.81. The van der Waals surface area contributed by atoms with Gasteiger partial charge in [-0.05, 0) is 43.5 Å². The van der Waals surface area contributed by atoms with E-state index in [1.54, 1.807) is 21.6 Å². The van der Waals surface area contributed by atoms with Crippen molar-refractivity contribution in [1.29, 1.82) is 0 Å². The molecule has 0 aliphatic heterocycles. The van der Waals surface area contributed by atoms with Crippen molar-refractivity contribution < 1.29 is 22.7 Å². The standard InChI is InChI=1S/C19H26F3N3O2S2/c1-3-11-28-29-12-5-4-10-24-18(26)16(13-23)17(19(20,21)22)25-14-6-8-15(27-2)9-7-14/h6-9,13H,3-5,10-12,23H2,1-2H3,(H,24,26). The number of methoxy groups -OCH3 is 1. The fourth-order valence-corrected chi connectivity index (χ4v) is 4.39. The van der Waals surface area contributed by atoms with Gasteiger partial charge in [0.1, 0.15) is 5.75 Å². The summed E-state index contributed by atoms with van der Waals surface area (Å²) in [5.74, 6) is 1.59. The highest BCUT2D eigenvalue weighted by molar-refractivity contribution is 8.76. The van der Waals surface area contributed by atoms with Gasteiger partial charge in [-0.3, -0.25) is 4.79 Å². The highest BCUT2D eigenvalue weighted by Gasteiger charge is 2.40. The van der Waals surface area contributed by atoms with E-state index in [-0.39, 0.29) is 12.2 Å². The van der Waals surface area contributed by atoms with E-state index in [1.807, 2.05) is 0 Å². The predicted molar refractivity (Wildman–Crippen MR) is 116 cm³/mol. The first-order valence-corrected chi connectivity index (χ1v) is 11.6. The lowest BCUT2D eigenvalue weighted by Crippen LogP contribution is -2.36.